The zero-order valence-electron chi connectivity index (χ0n) is 24.6. The molecule has 44 heavy (non-hydrogen) atoms. The first kappa shape index (κ1) is 33.1. The van der Waals surface area contributed by atoms with Crippen LogP contribution in [-0.4, -0.2) is 44.3 Å². The third-order valence-corrected chi connectivity index (χ3v) is 9.53. The van der Waals surface area contributed by atoms with Crippen LogP contribution in [0.4, 0.5) is 5.69 Å². The first-order valence-corrected chi connectivity index (χ1v) is 16.5. The molecule has 2 amide bonds. The quantitative estimate of drug-likeness (QED) is 0.175. The minimum Gasteiger partial charge on any atom is -0.354 e. The molecule has 0 fully saturated rings. The number of hydrogen-bond donors (Lipinski definition) is 1. The summed E-state index contributed by atoms with van der Waals surface area (Å²) in [7, 11) is -4.20. The summed E-state index contributed by atoms with van der Waals surface area (Å²) in [6.07, 6.45) is 0.930. The van der Waals surface area contributed by atoms with Gasteiger partial charge < -0.3 is 10.2 Å². The molecule has 0 heterocycles. The minimum absolute atomic E-state index is 0.00537. The summed E-state index contributed by atoms with van der Waals surface area (Å²) in [5, 5.41) is 3.78. The molecular weight excluding hydrogens is 617 g/mol. The van der Waals surface area contributed by atoms with Gasteiger partial charge in [-0.3, -0.25) is 13.9 Å². The number of rotatable bonds is 13. The Balaban J connectivity index is 1.80. The van der Waals surface area contributed by atoms with Gasteiger partial charge in [-0.2, -0.15) is 0 Å². The Morgan fingerprint density at radius 3 is 2.11 bits per heavy atom. The van der Waals surface area contributed by atoms with E-state index in [0.717, 1.165) is 15.4 Å². The lowest BCUT2D eigenvalue weighted by Crippen LogP contribution is -2.53. The van der Waals surface area contributed by atoms with Gasteiger partial charge in [0.05, 0.1) is 10.6 Å². The van der Waals surface area contributed by atoms with Crippen LogP contribution < -0.4 is 9.62 Å². The molecule has 0 spiro atoms. The van der Waals surface area contributed by atoms with Crippen LogP contribution in [0.1, 0.15) is 30.0 Å². The van der Waals surface area contributed by atoms with Crippen LogP contribution in [0.3, 0.4) is 0 Å². The summed E-state index contributed by atoms with van der Waals surface area (Å²) in [6.45, 7) is 3.67. The van der Waals surface area contributed by atoms with Crippen LogP contribution >= 0.6 is 23.2 Å². The second-order valence-electron chi connectivity index (χ2n) is 10.4. The molecule has 0 bridgehead atoms. The van der Waals surface area contributed by atoms with E-state index in [1.165, 1.54) is 17.0 Å². The summed E-state index contributed by atoms with van der Waals surface area (Å²) in [5.41, 5.74) is 2.63. The molecule has 230 valence electrons. The largest absolute Gasteiger partial charge is 0.354 e. The molecule has 0 radical (unpaired) electrons. The average Bonchev–Trinajstić information content (AvgIpc) is 3.02. The van der Waals surface area contributed by atoms with Crippen molar-refractivity contribution in [3.8, 4) is 0 Å². The molecule has 0 aliphatic carbocycles. The highest BCUT2D eigenvalue weighted by Gasteiger charge is 2.34. The molecule has 1 N–H and O–H groups in total. The smallest absolute Gasteiger partial charge is 0.264 e. The number of benzene rings is 4. The van der Waals surface area contributed by atoms with Gasteiger partial charge in [-0.25, -0.2) is 8.42 Å². The molecule has 4 aromatic carbocycles. The van der Waals surface area contributed by atoms with Crippen molar-refractivity contribution >= 4 is 50.7 Å². The molecule has 7 nitrogen and oxygen atoms in total. The Morgan fingerprint density at radius 2 is 1.48 bits per heavy atom. The van der Waals surface area contributed by atoms with E-state index in [9.17, 15) is 18.0 Å². The molecule has 0 saturated carbocycles. The fourth-order valence-electron chi connectivity index (χ4n) is 4.70. The van der Waals surface area contributed by atoms with Crippen LogP contribution in [0.5, 0.6) is 0 Å². The van der Waals surface area contributed by atoms with E-state index in [4.69, 9.17) is 23.2 Å². The molecule has 0 saturated heterocycles. The maximum absolute atomic E-state index is 14.4. The van der Waals surface area contributed by atoms with Crippen molar-refractivity contribution in [3.63, 3.8) is 0 Å². The number of carbonyl (C=O) groups is 2. The van der Waals surface area contributed by atoms with Gasteiger partial charge in [-0.15, -0.1) is 0 Å². The molecule has 10 heteroatoms. The molecule has 1 atom stereocenters. The van der Waals surface area contributed by atoms with Crippen molar-refractivity contribution in [1.82, 2.24) is 10.2 Å². The molecule has 4 rings (SSSR count). The van der Waals surface area contributed by atoms with Crippen molar-refractivity contribution in [2.45, 2.75) is 44.2 Å². The van der Waals surface area contributed by atoms with E-state index in [0.29, 0.717) is 28.6 Å². The fraction of sp³-hybridized carbons (Fsp3) is 0.235. The molecule has 4 aromatic rings. The zero-order valence-corrected chi connectivity index (χ0v) is 26.9. The standard InChI is InChI=1S/C34H35Cl2N3O4S/c1-3-21-37-34(41)32(22-26-9-5-4-6-10-26)38(23-27-11-7-8-12-31(27)36)33(40)24-39(29-17-15-28(35)16-18-29)44(42,43)30-19-13-25(2)14-20-30/h4-20,32H,3,21-24H2,1-2H3,(H,37,41). The summed E-state index contributed by atoms with van der Waals surface area (Å²) in [5.74, 6) is -0.904. The lowest BCUT2D eigenvalue weighted by atomic mass is 10.0. The van der Waals surface area contributed by atoms with Crippen molar-refractivity contribution in [3.05, 3.63) is 130 Å². The monoisotopic (exact) mass is 651 g/mol. The first-order chi connectivity index (χ1) is 21.1. The Morgan fingerprint density at radius 1 is 0.841 bits per heavy atom. The van der Waals surface area contributed by atoms with Crippen molar-refractivity contribution in [2.75, 3.05) is 17.4 Å². The summed E-state index contributed by atoms with van der Waals surface area (Å²) in [4.78, 5) is 29.6. The predicted molar refractivity (Wildman–Crippen MR) is 176 cm³/mol. The minimum atomic E-state index is -4.20. The second kappa shape index (κ2) is 15.2. The van der Waals surface area contributed by atoms with Crippen LogP contribution in [0.25, 0.3) is 0 Å². The topological polar surface area (TPSA) is 86.8 Å². The number of nitrogens with one attached hydrogen (secondary N) is 1. The summed E-state index contributed by atoms with van der Waals surface area (Å²) in [6, 6.07) is 28.2. The molecular formula is C34H35Cl2N3O4S. The maximum atomic E-state index is 14.4. The summed E-state index contributed by atoms with van der Waals surface area (Å²) < 4.78 is 29.2. The Labute approximate surface area is 269 Å². The van der Waals surface area contributed by atoms with E-state index in [-0.39, 0.29) is 29.5 Å². The average molecular weight is 653 g/mol. The van der Waals surface area contributed by atoms with Crippen molar-refractivity contribution in [2.24, 2.45) is 0 Å². The number of amides is 2. The normalized spacial score (nSPS) is 11.9. The number of sulfonamides is 1. The molecule has 0 aliphatic heterocycles. The van der Waals surface area contributed by atoms with Crippen LogP contribution in [0.2, 0.25) is 10.0 Å². The van der Waals surface area contributed by atoms with Crippen molar-refractivity contribution < 1.29 is 18.0 Å². The highest BCUT2D eigenvalue weighted by atomic mass is 35.5. The van der Waals surface area contributed by atoms with Gasteiger partial charge in [0.1, 0.15) is 12.6 Å². The van der Waals surface area contributed by atoms with Gasteiger partial charge in [-0.05, 0) is 66.9 Å². The fourth-order valence-corrected chi connectivity index (χ4v) is 6.44. The molecule has 0 aromatic heterocycles. The second-order valence-corrected chi connectivity index (χ2v) is 13.1. The van der Waals surface area contributed by atoms with Crippen LogP contribution in [-0.2, 0) is 32.6 Å². The van der Waals surface area contributed by atoms with E-state index < -0.39 is 28.5 Å². The van der Waals surface area contributed by atoms with E-state index in [1.807, 2.05) is 44.2 Å². The van der Waals surface area contributed by atoms with Crippen LogP contribution in [0.15, 0.2) is 108 Å². The lowest BCUT2D eigenvalue weighted by molar-refractivity contribution is -0.140. The van der Waals surface area contributed by atoms with E-state index in [2.05, 4.69) is 5.32 Å². The van der Waals surface area contributed by atoms with Gasteiger partial charge in [-0.1, -0.05) is 96.4 Å². The third-order valence-electron chi connectivity index (χ3n) is 7.12. The predicted octanol–water partition coefficient (Wildman–Crippen LogP) is 6.66. The first-order valence-electron chi connectivity index (χ1n) is 14.3. The van der Waals surface area contributed by atoms with Gasteiger partial charge >= 0.3 is 0 Å². The van der Waals surface area contributed by atoms with Gasteiger partial charge in [0.25, 0.3) is 10.0 Å². The number of aryl methyl sites for hydroxylation is 1. The number of nitrogens with zero attached hydrogens (tertiary/aromatic N) is 2. The number of anilines is 1. The summed E-state index contributed by atoms with van der Waals surface area (Å²) >= 11 is 12.6. The third kappa shape index (κ3) is 8.40. The van der Waals surface area contributed by atoms with Crippen LogP contribution in [0, 0.1) is 6.92 Å². The van der Waals surface area contributed by atoms with Gasteiger partial charge in [0, 0.05) is 29.6 Å². The number of halogens is 2. The maximum Gasteiger partial charge on any atom is 0.264 e. The highest BCUT2D eigenvalue weighted by Crippen LogP contribution is 2.27. The SMILES string of the molecule is CCCNC(=O)C(Cc1ccccc1)N(Cc1ccccc1Cl)C(=O)CN(c1ccc(Cl)cc1)S(=O)(=O)c1ccc(C)cc1. The number of carbonyl (C=O) groups excluding carboxylic acids is 2. The Bertz CT molecular complexity index is 1670. The Kier molecular flexibility index (Phi) is 11.4. The zero-order chi connectivity index (χ0) is 31.7. The highest BCUT2D eigenvalue weighted by molar-refractivity contribution is 7.92. The molecule has 1 unspecified atom stereocenters. The van der Waals surface area contributed by atoms with E-state index >= 15 is 0 Å². The van der Waals surface area contributed by atoms with Crippen molar-refractivity contribution in [1.29, 1.82) is 0 Å². The van der Waals surface area contributed by atoms with Gasteiger partial charge in [0.2, 0.25) is 11.8 Å². The lowest BCUT2D eigenvalue weighted by Gasteiger charge is -2.34. The Hall–Kier alpha value is -3.85. The van der Waals surface area contributed by atoms with E-state index in [1.54, 1.807) is 60.7 Å². The molecule has 0 aliphatic rings. The van der Waals surface area contributed by atoms with Gasteiger partial charge in [0.15, 0.2) is 0 Å². The number of hydrogen-bond acceptors (Lipinski definition) is 4.